The molecule has 0 saturated heterocycles. The molecule has 0 unspecified atom stereocenters. The Kier molecular flexibility index (Phi) is 4.87. The molecule has 0 radical (unpaired) electrons. The highest BCUT2D eigenvalue weighted by Gasteiger charge is 2.35. The van der Waals surface area contributed by atoms with Crippen LogP contribution in [-0.4, -0.2) is 33.3 Å². The first-order chi connectivity index (χ1) is 15.1. The summed E-state index contributed by atoms with van der Waals surface area (Å²) in [7, 11) is 1.61. The van der Waals surface area contributed by atoms with E-state index in [9.17, 15) is 9.59 Å². The van der Waals surface area contributed by atoms with Gasteiger partial charge >= 0.3 is 0 Å². The molecule has 1 aromatic carbocycles. The van der Waals surface area contributed by atoms with Gasteiger partial charge in [-0.05, 0) is 53.4 Å². The second-order valence-corrected chi connectivity index (χ2v) is 7.96. The van der Waals surface area contributed by atoms with Crippen LogP contribution in [0.2, 0.25) is 0 Å². The smallest absolute Gasteiger partial charge is 0.263 e. The summed E-state index contributed by atoms with van der Waals surface area (Å²) in [5.74, 6) is 1.07. The highest BCUT2D eigenvalue weighted by Crippen LogP contribution is 2.33. The molecule has 4 heterocycles. The number of fused-ring (bicyclic) bond motifs is 1. The van der Waals surface area contributed by atoms with Crippen LogP contribution in [0, 0.1) is 0 Å². The Hall–Kier alpha value is -3.72. The minimum absolute atomic E-state index is 0.159. The Bertz CT molecular complexity index is 1320. The molecule has 0 fully saturated rings. The summed E-state index contributed by atoms with van der Waals surface area (Å²) in [6.45, 7) is -0.159. The van der Waals surface area contributed by atoms with E-state index in [2.05, 4.69) is 10.1 Å². The quantitative estimate of drug-likeness (QED) is 0.480. The Morgan fingerprint density at radius 2 is 2.10 bits per heavy atom. The van der Waals surface area contributed by atoms with Crippen LogP contribution in [0.1, 0.15) is 23.8 Å². The molecule has 156 valence electrons. The van der Waals surface area contributed by atoms with Crippen LogP contribution in [0.5, 0.6) is 5.75 Å². The van der Waals surface area contributed by atoms with Crippen molar-refractivity contribution in [3.8, 4) is 5.75 Å². The van der Waals surface area contributed by atoms with Crippen molar-refractivity contribution in [2.75, 3.05) is 7.11 Å². The Morgan fingerprint density at radius 3 is 2.84 bits per heavy atom. The molecule has 1 aliphatic heterocycles. The fourth-order valence-corrected chi connectivity index (χ4v) is 4.35. The lowest BCUT2D eigenvalue weighted by molar-refractivity contribution is -0.134. The summed E-state index contributed by atoms with van der Waals surface area (Å²) in [5, 5.41) is 8.32. The van der Waals surface area contributed by atoms with Crippen LogP contribution in [0.15, 0.2) is 74.7 Å². The van der Waals surface area contributed by atoms with E-state index in [1.54, 1.807) is 25.5 Å². The van der Waals surface area contributed by atoms with Gasteiger partial charge in [-0.15, -0.1) is 11.3 Å². The van der Waals surface area contributed by atoms with Gasteiger partial charge in [0.15, 0.2) is 0 Å². The van der Waals surface area contributed by atoms with E-state index in [0.717, 1.165) is 17.0 Å². The standard InChI is InChI=1S/C22H18N4O4S/c1-29-15-6-4-14(5-7-15)17-11-18(19-3-2-9-30-19)26(24-17)20(27)12-25-13-23-21-16(22(25)28)8-10-31-21/h2-10,13,18H,11-12H2,1H3/t18-/m1/s1. The molecule has 0 saturated carbocycles. The number of aromatic nitrogens is 2. The number of methoxy groups -OCH3 is 1. The maximum atomic E-state index is 13.2. The van der Waals surface area contributed by atoms with E-state index in [1.165, 1.54) is 27.2 Å². The summed E-state index contributed by atoms with van der Waals surface area (Å²) in [5.41, 5.74) is 1.41. The third-order valence-corrected chi connectivity index (χ3v) is 6.04. The molecule has 1 amide bonds. The average molecular weight is 434 g/mol. The molecule has 0 spiro atoms. The first-order valence-corrected chi connectivity index (χ1v) is 10.5. The van der Waals surface area contributed by atoms with E-state index < -0.39 is 0 Å². The third-order valence-electron chi connectivity index (χ3n) is 5.22. The SMILES string of the molecule is COc1ccc(C2=NN(C(=O)Cn3cnc4sccc4c3=O)[C@@H](c3ccco3)C2)cc1. The number of carbonyl (C=O) groups is 1. The second-order valence-electron chi connectivity index (χ2n) is 7.07. The first-order valence-electron chi connectivity index (χ1n) is 9.64. The minimum Gasteiger partial charge on any atom is -0.497 e. The van der Waals surface area contributed by atoms with Crippen molar-refractivity contribution in [2.24, 2.45) is 5.10 Å². The van der Waals surface area contributed by atoms with Gasteiger partial charge in [0, 0.05) is 6.42 Å². The summed E-state index contributed by atoms with van der Waals surface area (Å²) >= 11 is 1.39. The van der Waals surface area contributed by atoms with Crippen molar-refractivity contribution in [3.63, 3.8) is 0 Å². The van der Waals surface area contributed by atoms with Gasteiger partial charge in [0.2, 0.25) is 0 Å². The number of carbonyl (C=O) groups excluding carboxylic acids is 1. The zero-order chi connectivity index (χ0) is 21.4. The highest BCUT2D eigenvalue weighted by atomic mass is 32.1. The van der Waals surface area contributed by atoms with Gasteiger partial charge in [-0.3, -0.25) is 14.2 Å². The number of hydrogen-bond donors (Lipinski definition) is 0. The van der Waals surface area contributed by atoms with Crippen LogP contribution < -0.4 is 10.3 Å². The predicted molar refractivity (Wildman–Crippen MR) is 116 cm³/mol. The van der Waals surface area contributed by atoms with Gasteiger partial charge in [0.25, 0.3) is 11.5 Å². The van der Waals surface area contributed by atoms with Crippen molar-refractivity contribution < 1.29 is 13.9 Å². The third kappa shape index (κ3) is 3.53. The normalized spacial score (nSPS) is 16.0. The number of amides is 1. The molecule has 0 bridgehead atoms. The van der Waals surface area contributed by atoms with Crippen LogP contribution in [0.3, 0.4) is 0 Å². The molecular weight excluding hydrogens is 416 g/mol. The summed E-state index contributed by atoms with van der Waals surface area (Å²) in [6, 6.07) is 12.5. The number of hydrazone groups is 1. The van der Waals surface area contributed by atoms with Crippen molar-refractivity contribution in [2.45, 2.75) is 19.0 Å². The van der Waals surface area contributed by atoms with Crippen LogP contribution in [-0.2, 0) is 11.3 Å². The lowest BCUT2D eigenvalue weighted by Gasteiger charge is -2.20. The molecule has 31 heavy (non-hydrogen) atoms. The number of furan rings is 1. The highest BCUT2D eigenvalue weighted by molar-refractivity contribution is 7.16. The van der Waals surface area contributed by atoms with Gasteiger partial charge in [0.1, 0.15) is 28.9 Å². The number of rotatable bonds is 5. The molecule has 5 rings (SSSR count). The molecule has 9 heteroatoms. The van der Waals surface area contributed by atoms with Gasteiger partial charge < -0.3 is 9.15 Å². The minimum atomic E-state index is -0.381. The van der Waals surface area contributed by atoms with E-state index in [1.807, 2.05) is 35.7 Å². The molecule has 3 aromatic heterocycles. The van der Waals surface area contributed by atoms with Gasteiger partial charge in [-0.2, -0.15) is 5.10 Å². The number of benzene rings is 1. The van der Waals surface area contributed by atoms with Crippen LogP contribution >= 0.6 is 11.3 Å². The Labute approximate surface area is 181 Å². The molecule has 1 atom stereocenters. The van der Waals surface area contributed by atoms with E-state index in [4.69, 9.17) is 9.15 Å². The fourth-order valence-electron chi connectivity index (χ4n) is 3.62. The average Bonchev–Trinajstić information content (AvgIpc) is 3.55. The number of ether oxygens (including phenoxy) is 1. The predicted octanol–water partition coefficient (Wildman–Crippen LogP) is 3.44. The Morgan fingerprint density at radius 1 is 1.26 bits per heavy atom. The number of hydrogen-bond acceptors (Lipinski definition) is 7. The van der Waals surface area contributed by atoms with Crippen LogP contribution in [0.4, 0.5) is 0 Å². The zero-order valence-corrected chi connectivity index (χ0v) is 17.4. The van der Waals surface area contributed by atoms with Crippen molar-refractivity contribution in [3.05, 3.63) is 82.1 Å². The largest absolute Gasteiger partial charge is 0.497 e. The molecule has 0 N–H and O–H groups in total. The number of thiophene rings is 1. The first kappa shape index (κ1) is 19.3. The Balaban J connectivity index is 1.46. The van der Waals surface area contributed by atoms with Crippen molar-refractivity contribution in [1.82, 2.24) is 14.6 Å². The maximum absolute atomic E-state index is 13.2. The lowest BCUT2D eigenvalue weighted by Crippen LogP contribution is -2.33. The van der Waals surface area contributed by atoms with Crippen molar-refractivity contribution in [1.29, 1.82) is 0 Å². The molecule has 1 aliphatic rings. The fraction of sp³-hybridized carbons (Fsp3) is 0.182. The topological polar surface area (TPSA) is 89.9 Å². The molecule has 4 aromatic rings. The van der Waals surface area contributed by atoms with E-state index in [0.29, 0.717) is 22.4 Å². The maximum Gasteiger partial charge on any atom is 0.263 e. The lowest BCUT2D eigenvalue weighted by atomic mass is 10.0. The van der Waals surface area contributed by atoms with Gasteiger partial charge in [-0.25, -0.2) is 9.99 Å². The molecule has 0 aliphatic carbocycles. The molecule has 8 nitrogen and oxygen atoms in total. The summed E-state index contributed by atoms with van der Waals surface area (Å²) < 4.78 is 12.1. The molecular formula is C22H18N4O4S. The second kappa shape index (κ2) is 7.84. The van der Waals surface area contributed by atoms with Crippen LogP contribution in [0.25, 0.3) is 10.2 Å². The van der Waals surface area contributed by atoms with Crippen molar-refractivity contribution >= 4 is 33.2 Å². The van der Waals surface area contributed by atoms with E-state index in [-0.39, 0.29) is 24.1 Å². The van der Waals surface area contributed by atoms with Gasteiger partial charge in [-0.1, -0.05) is 0 Å². The van der Waals surface area contributed by atoms with Gasteiger partial charge in [0.05, 0.1) is 30.8 Å². The summed E-state index contributed by atoms with van der Waals surface area (Å²) in [6.07, 6.45) is 3.48. The number of nitrogens with zero attached hydrogens (tertiary/aromatic N) is 4. The van der Waals surface area contributed by atoms with E-state index >= 15 is 0 Å². The summed E-state index contributed by atoms with van der Waals surface area (Å²) in [4.78, 5) is 30.8. The zero-order valence-electron chi connectivity index (χ0n) is 16.6. The monoisotopic (exact) mass is 434 g/mol.